The monoisotopic (exact) mass is 407 g/mol. The zero-order valence-corrected chi connectivity index (χ0v) is 16.1. The largest absolute Gasteiger partial charge is 0.455 e. The fourth-order valence-electron chi connectivity index (χ4n) is 2.13. The third-order valence-electron chi connectivity index (χ3n) is 3.46. The second kappa shape index (κ2) is 8.48. The molecular formula is C17H14ClN3O3S2. The number of hydrogen-bond acceptors (Lipinski definition) is 7. The van der Waals surface area contributed by atoms with E-state index in [1.807, 2.05) is 11.4 Å². The van der Waals surface area contributed by atoms with Gasteiger partial charge in [-0.2, -0.15) is 0 Å². The quantitative estimate of drug-likeness (QED) is 0.379. The molecule has 1 amide bonds. The summed E-state index contributed by atoms with van der Waals surface area (Å²) in [7, 11) is 0. The van der Waals surface area contributed by atoms with Crippen LogP contribution in [0.15, 0.2) is 41.0 Å². The minimum absolute atomic E-state index is 0.0609. The Hall–Kier alpha value is -2.16. The molecule has 0 aliphatic carbocycles. The maximum Gasteiger partial charge on any atom is 0.316 e. The van der Waals surface area contributed by atoms with Gasteiger partial charge in [0.15, 0.2) is 6.61 Å². The van der Waals surface area contributed by atoms with Gasteiger partial charge >= 0.3 is 5.97 Å². The lowest BCUT2D eigenvalue weighted by Crippen LogP contribution is -2.22. The number of nitrogens with one attached hydrogen (secondary N) is 1. The van der Waals surface area contributed by atoms with Gasteiger partial charge in [0.05, 0.1) is 5.75 Å². The van der Waals surface area contributed by atoms with Crippen LogP contribution in [-0.4, -0.2) is 34.2 Å². The molecule has 0 spiro atoms. The Labute approximate surface area is 162 Å². The van der Waals surface area contributed by atoms with Gasteiger partial charge in [0.25, 0.3) is 5.91 Å². The highest BCUT2D eigenvalue weighted by atomic mass is 35.5. The van der Waals surface area contributed by atoms with Crippen molar-refractivity contribution >= 4 is 62.5 Å². The first-order valence-corrected chi connectivity index (χ1v) is 9.80. The molecule has 26 heavy (non-hydrogen) atoms. The van der Waals surface area contributed by atoms with Crippen molar-refractivity contribution in [2.75, 3.05) is 17.7 Å². The Morgan fingerprint density at radius 3 is 3.00 bits per heavy atom. The number of esters is 1. The molecule has 1 N–H and O–H groups in total. The van der Waals surface area contributed by atoms with Gasteiger partial charge in [0.1, 0.15) is 16.2 Å². The van der Waals surface area contributed by atoms with Crippen molar-refractivity contribution in [3.63, 3.8) is 0 Å². The number of nitrogens with zero attached hydrogens (tertiary/aromatic N) is 2. The first-order valence-electron chi connectivity index (χ1n) is 7.56. The van der Waals surface area contributed by atoms with Gasteiger partial charge in [-0.15, -0.1) is 11.3 Å². The standard InChI is InChI=1S/C17H14ClN3O3S2/c1-10-12(18)3-2-4-13(10)21-14(22)7-24-15(23)8-26-17-11-5-6-25-16(11)19-9-20-17/h2-6,9H,7-8H2,1H3,(H,21,22). The molecule has 6 nitrogen and oxygen atoms in total. The van der Waals surface area contributed by atoms with E-state index in [1.54, 1.807) is 25.1 Å². The van der Waals surface area contributed by atoms with E-state index < -0.39 is 11.9 Å². The number of hydrogen-bond donors (Lipinski definition) is 1. The van der Waals surface area contributed by atoms with Crippen LogP contribution in [0.4, 0.5) is 5.69 Å². The smallest absolute Gasteiger partial charge is 0.316 e. The third kappa shape index (κ3) is 4.51. The van der Waals surface area contributed by atoms with E-state index in [0.29, 0.717) is 15.7 Å². The maximum absolute atomic E-state index is 11.9. The first-order chi connectivity index (χ1) is 12.5. The van der Waals surface area contributed by atoms with Crippen molar-refractivity contribution in [2.24, 2.45) is 0 Å². The van der Waals surface area contributed by atoms with Crippen LogP contribution < -0.4 is 5.32 Å². The molecule has 0 aliphatic heterocycles. The normalized spacial score (nSPS) is 10.7. The van der Waals surface area contributed by atoms with E-state index in [1.165, 1.54) is 29.4 Å². The number of carbonyl (C=O) groups excluding carboxylic acids is 2. The van der Waals surface area contributed by atoms with Gasteiger partial charge in [-0.3, -0.25) is 9.59 Å². The van der Waals surface area contributed by atoms with Crippen molar-refractivity contribution in [3.05, 3.63) is 46.6 Å². The average molecular weight is 408 g/mol. The molecule has 0 fully saturated rings. The summed E-state index contributed by atoms with van der Waals surface area (Å²) < 4.78 is 5.02. The van der Waals surface area contributed by atoms with Crippen molar-refractivity contribution in [1.82, 2.24) is 9.97 Å². The SMILES string of the molecule is Cc1c(Cl)cccc1NC(=O)COC(=O)CSc1ncnc2sccc12. The topological polar surface area (TPSA) is 81.2 Å². The molecule has 2 heterocycles. The van der Waals surface area contributed by atoms with Crippen LogP contribution in [0, 0.1) is 6.92 Å². The van der Waals surface area contributed by atoms with Crippen LogP contribution in [0.2, 0.25) is 5.02 Å². The molecular weight excluding hydrogens is 394 g/mol. The lowest BCUT2D eigenvalue weighted by molar-refractivity contribution is -0.144. The van der Waals surface area contributed by atoms with E-state index >= 15 is 0 Å². The summed E-state index contributed by atoms with van der Waals surface area (Å²) in [6.45, 7) is 1.44. The number of halogens is 1. The summed E-state index contributed by atoms with van der Waals surface area (Å²) in [6.07, 6.45) is 1.47. The van der Waals surface area contributed by atoms with Crippen molar-refractivity contribution in [3.8, 4) is 0 Å². The Morgan fingerprint density at radius 1 is 1.31 bits per heavy atom. The van der Waals surface area contributed by atoms with Crippen molar-refractivity contribution < 1.29 is 14.3 Å². The van der Waals surface area contributed by atoms with Gasteiger partial charge in [0.2, 0.25) is 0 Å². The van der Waals surface area contributed by atoms with E-state index in [9.17, 15) is 9.59 Å². The summed E-state index contributed by atoms with van der Waals surface area (Å²) in [4.78, 5) is 33.0. The van der Waals surface area contributed by atoms with Gasteiger partial charge < -0.3 is 10.1 Å². The fourth-order valence-corrected chi connectivity index (χ4v) is 3.88. The number of carbonyl (C=O) groups is 2. The summed E-state index contributed by atoms with van der Waals surface area (Å²) >= 11 is 8.77. The number of ether oxygens (including phenoxy) is 1. The zero-order valence-electron chi connectivity index (χ0n) is 13.7. The van der Waals surface area contributed by atoms with Crippen LogP contribution in [0.5, 0.6) is 0 Å². The minimum atomic E-state index is -0.491. The lowest BCUT2D eigenvalue weighted by atomic mass is 10.2. The number of amides is 1. The maximum atomic E-state index is 11.9. The van der Waals surface area contributed by atoms with E-state index in [0.717, 1.165) is 15.8 Å². The Balaban J connectivity index is 1.49. The lowest BCUT2D eigenvalue weighted by Gasteiger charge is -2.10. The van der Waals surface area contributed by atoms with E-state index in [2.05, 4.69) is 15.3 Å². The number of rotatable bonds is 6. The fraction of sp³-hybridized carbons (Fsp3) is 0.176. The highest BCUT2D eigenvalue weighted by Gasteiger charge is 2.12. The van der Waals surface area contributed by atoms with Crippen LogP contribution >= 0.6 is 34.7 Å². The molecule has 0 radical (unpaired) electrons. The summed E-state index contributed by atoms with van der Waals surface area (Å²) in [5, 5.41) is 6.77. The molecule has 0 saturated heterocycles. The van der Waals surface area contributed by atoms with Crippen LogP contribution in [-0.2, 0) is 14.3 Å². The molecule has 0 saturated carbocycles. The third-order valence-corrected chi connectivity index (χ3v) is 5.67. The highest BCUT2D eigenvalue weighted by molar-refractivity contribution is 8.00. The summed E-state index contributed by atoms with van der Waals surface area (Å²) in [5.74, 6) is -0.850. The second-order valence-corrected chi connectivity index (χ2v) is 7.49. The molecule has 0 atom stereocenters. The molecule has 2 aromatic heterocycles. The minimum Gasteiger partial charge on any atom is -0.455 e. The molecule has 3 rings (SSSR count). The van der Waals surface area contributed by atoms with E-state index in [4.69, 9.17) is 16.3 Å². The number of anilines is 1. The average Bonchev–Trinajstić information content (AvgIpc) is 3.11. The van der Waals surface area contributed by atoms with Crippen LogP contribution in [0.25, 0.3) is 10.2 Å². The molecule has 0 bridgehead atoms. The second-order valence-electron chi connectivity index (χ2n) is 5.23. The molecule has 0 aliphatic rings. The number of thioether (sulfide) groups is 1. The zero-order chi connectivity index (χ0) is 18.5. The van der Waals surface area contributed by atoms with E-state index in [-0.39, 0.29) is 12.4 Å². The Bertz CT molecular complexity index is 961. The van der Waals surface area contributed by atoms with Crippen molar-refractivity contribution in [1.29, 1.82) is 0 Å². The molecule has 3 aromatic rings. The van der Waals surface area contributed by atoms with Gasteiger partial charge in [-0.1, -0.05) is 29.4 Å². The molecule has 1 aromatic carbocycles. The number of benzene rings is 1. The molecule has 9 heteroatoms. The first kappa shape index (κ1) is 18.6. The molecule has 0 unspecified atom stereocenters. The Morgan fingerprint density at radius 2 is 2.15 bits per heavy atom. The predicted molar refractivity (Wildman–Crippen MR) is 104 cm³/mol. The number of thiophene rings is 1. The highest BCUT2D eigenvalue weighted by Crippen LogP contribution is 2.27. The van der Waals surface area contributed by atoms with Gasteiger partial charge in [-0.05, 0) is 36.1 Å². The van der Waals surface area contributed by atoms with Crippen molar-refractivity contribution in [2.45, 2.75) is 11.9 Å². The van der Waals surface area contributed by atoms with Gasteiger partial charge in [-0.25, -0.2) is 9.97 Å². The summed E-state index contributed by atoms with van der Waals surface area (Å²) in [6, 6.07) is 7.12. The van der Waals surface area contributed by atoms with Gasteiger partial charge in [0, 0.05) is 16.1 Å². The number of fused-ring (bicyclic) bond motifs is 1. The predicted octanol–water partition coefficient (Wildman–Crippen LogP) is 3.93. The van der Waals surface area contributed by atoms with Crippen LogP contribution in [0.1, 0.15) is 5.56 Å². The van der Waals surface area contributed by atoms with Crippen LogP contribution in [0.3, 0.4) is 0 Å². The number of aromatic nitrogens is 2. The molecule has 134 valence electrons. The summed E-state index contributed by atoms with van der Waals surface area (Å²) in [5.41, 5.74) is 1.35. The Kier molecular flexibility index (Phi) is 6.08.